The van der Waals surface area contributed by atoms with Crippen LogP contribution in [0.15, 0.2) is 42.7 Å². The van der Waals surface area contributed by atoms with Crippen LogP contribution in [-0.2, 0) is 6.42 Å². The Hall–Kier alpha value is -2.07. The summed E-state index contributed by atoms with van der Waals surface area (Å²) in [5.41, 5.74) is 9.25. The molecule has 21 heavy (non-hydrogen) atoms. The molecule has 3 rings (SSSR count). The maximum atomic E-state index is 6.06. The van der Waals surface area contributed by atoms with E-state index < -0.39 is 0 Å². The van der Waals surface area contributed by atoms with Gasteiger partial charge in [-0.15, -0.1) is 0 Å². The Kier molecular flexibility index (Phi) is 4.06. The number of nitrogens with two attached hydrogens (primary N) is 1. The molecule has 0 saturated heterocycles. The third kappa shape index (κ3) is 2.85. The quantitative estimate of drug-likeness (QED) is 0.904. The van der Waals surface area contributed by atoms with Crippen LogP contribution in [0.4, 0.5) is 5.69 Å². The van der Waals surface area contributed by atoms with Gasteiger partial charge in [-0.05, 0) is 43.1 Å². The van der Waals surface area contributed by atoms with Gasteiger partial charge in [-0.1, -0.05) is 18.2 Å². The maximum absolute atomic E-state index is 6.06. The van der Waals surface area contributed by atoms with Crippen LogP contribution in [0.2, 0.25) is 0 Å². The summed E-state index contributed by atoms with van der Waals surface area (Å²) >= 11 is 0. The number of pyridine rings is 1. The number of nitrogens with one attached hydrogen (secondary N) is 1. The van der Waals surface area contributed by atoms with E-state index in [1.807, 2.05) is 31.4 Å². The molecule has 0 saturated carbocycles. The topological polar surface area (TPSA) is 60.2 Å². The molecule has 2 unspecified atom stereocenters. The van der Waals surface area contributed by atoms with Crippen LogP contribution in [-0.4, -0.2) is 24.7 Å². The lowest BCUT2D eigenvalue weighted by atomic mass is 9.84. The zero-order valence-electron chi connectivity index (χ0n) is 12.3. The average Bonchev–Trinajstić information content (AvgIpc) is 2.54. The van der Waals surface area contributed by atoms with Crippen molar-refractivity contribution in [3.8, 4) is 5.75 Å². The molecular weight excluding hydrogens is 262 g/mol. The smallest absolute Gasteiger partial charge is 0.122 e. The van der Waals surface area contributed by atoms with Crippen molar-refractivity contribution in [2.75, 3.05) is 19.4 Å². The van der Waals surface area contributed by atoms with Gasteiger partial charge in [0.1, 0.15) is 5.75 Å². The summed E-state index contributed by atoms with van der Waals surface area (Å²) in [4.78, 5) is 4.19. The van der Waals surface area contributed by atoms with Gasteiger partial charge in [0.25, 0.3) is 0 Å². The Balaban J connectivity index is 1.86. The lowest BCUT2D eigenvalue weighted by molar-refractivity contribution is 0.247. The Morgan fingerprint density at radius 1 is 1.38 bits per heavy atom. The number of nitrogens with zero attached hydrogens (tertiary/aromatic N) is 1. The monoisotopic (exact) mass is 283 g/mol. The Morgan fingerprint density at radius 3 is 3.05 bits per heavy atom. The van der Waals surface area contributed by atoms with Gasteiger partial charge < -0.3 is 15.8 Å². The molecule has 1 aliphatic heterocycles. The van der Waals surface area contributed by atoms with Gasteiger partial charge in [-0.25, -0.2) is 0 Å². The van der Waals surface area contributed by atoms with Crippen LogP contribution >= 0.6 is 0 Å². The number of ether oxygens (including phenoxy) is 1. The fraction of sp³-hybridized carbons (Fsp3) is 0.353. The Bertz CT molecular complexity index is 614. The highest BCUT2D eigenvalue weighted by Crippen LogP contribution is 2.36. The van der Waals surface area contributed by atoms with Gasteiger partial charge in [-0.3, -0.25) is 4.98 Å². The van der Waals surface area contributed by atoms with Gasteiger partial charge >= 0.3 is 0 Å². The number of para-hydroxylation sites is 1. The number of nitrogen functional groups attached to an aromatic ring is 1. The van der Waals surface area contributed by atoms with Crippen LogP contribution in [0.3, 0.4) is 0 Å². The van der Waals surface area contributed by atoms with Crippen LogP contribution in [0.5, 0.6) is 5.75 Å². The molecule has 4 nitrogen and oxygen atoms in total. The van der Waals surface area contributed by atoms with Gasteiger partial charge in [-0.2, -0.15) is 0 Å². The Morgan fingerprint density at radius 2 is 2.24 bits per heavy atom. The molecule has 0 fully saturated rings. The third-order valence-corrected chi connectivity index (χ3v) is 4.24. The van der Waals surface area contributed by atoms with E-state index in [0.29, 0.717) is 12.0 Å². The Labute approximate surface area is 125 Å². The standard InChI is InChI=1S/C17H21N3O/c1-19-16(10-12-11-20-8-6-15(12)18)13-7-9-21-17-5-3-2-4-14(13)17/h2-6,8,11,13,16,19H,7,9-10H2,1H3,(H2,18,20). The molecule has 110 valence electrons. The van der Waals surface area contributed by atoms with Crippen molar-refractivity contribution in [2.24, 2.45) is 0 Å². The van der Waals surface area contributed by atoms with Crippen molar-refractivity contribution in [3.05, 3.63) is 53.9 Å². The molecule has 2 aromatic rings. The molecule has 0 bridgehead atoms. The lowest BCUT2D eigenvalue weighted by Gasteiger charge is -2.32. The van der Waals surface area contributed by atoms with Crippen LogP contribution in [0.1, 0.15) is 23.5 Å². The molecule has 2 heterocycles. The van der Waals surface area contributed by atoms with Crippen molar-refractivity contribution in [3.63, 3.8) is 0 Å². The van der Waals surface area contributed by atoms with Crippen molar-refractivity contribution < 1.29 is 4.74 Å². The van der Waals surface area contributed by atoms with Crippen molar-refractivity contribution in [1.82, 2.24) is 10.3 Å². The number of anilines is 1. The molecule has 2 atom stereocenters. The fourth-order valence-electron chi connectivity index (χ4n) is 3.08. The second-order valence-corrected chi connectivity index (χ2v) is 5.46. The molecule has 0 amide bonds. The zero-order valence-corrected chi connectivity index (χ0v) is 12.3. The third-order valence-electron chi connectivity index (χ3n) is 4.24. The van der Waals surface area contributed by atoms with Crippen molar-refractivity contribution >= 4 is 5.69 Å². The average molecular weight is 283 g/mol. The first kappa shape index (κ1) is 13.9. The molecule has 0 spiro atoms. The van der Waals surface area contributed by atoms with Gasteiger partial charge in [0.05, 0.1) is 6.61 Å². The predicted molar refractivity (Wildman–Crippen MR) is 84.5 cm³/mol. The number of likely N-dealkylation sites (N-methyl/N-ethyl adjacent to an activating group) is 1. The number of aromatic nitrogens is 1. The molecule has 0 radical (unpaired) electrons. The highest BCUT2D eigenvalue weighted by Gasteiger charge is 2.28. The molecule has 3 N–H and O–H groups in total. The van der Waals surface area contributed by atoms with Gasteiger partial charge in [0.15, 0.2) is 0 Å². The number of fused-ring (bicyclic) bond motifs is 1. The number of hydrogen-bond acceptors (Lipinski definition) is 4. The largest absolute Gasteiger partial charge is 0.493 e. The van der Waals surface area contributed by atoms with Crippen LogP contribution < -0.4 is 15.8 Å². The van der Waals surface area contributed by atoms with E-state index in [0.717, 1.165) is 36.4 Å². The van der Waals surface area contributed by atoms with E-state index in [1.165, 1.54) is 5.56 Å². The summed E-state index contributed by atoms with van der Waals surface area (Å²) in [6, 6.07) is 10.5. The van der Waals surface area contributed by atoms with Crippen molar-refractivity contribution in [1.29, 1.82) is 0 Å². The number of benzene rings is 1. The highest BCUT2D eigenvalue weighted by molar-refractivity contribution is 5.45. The molecule has 1 aromatic heterocycles. The normalized spacial score (nSPS) is 18.6. The van der Waals surface area contributed by atoms with Gasteiger partial charge in [0.2, 0.25) is 0 Å². The van der Waals surface area contributed by atoms with E-state index in [2.05, 4.69) is 22.4 Å². The van der Waals surface area contributed by atoms with E-state index in [-0.39, 0.29) is 0 Å². The summed E-state index contributed by atoms with van der Waals surface area (Å²) < 4.78 is 5.76. The summed E-state index contributed by atoms with van der Waals surface area (Å²) in [6.07, 6.45) is 5.49. The molecular formula is C17H21N3O. The fourth-order valence-corrected chi connectivity index (χ4v) is 3.08. The minimum Gasteiger partial charge on any atom is -0.493 e. The molecule has 1 aliphatic rings. The molecule has 4 heteroatoms. The number of hydrogen-bond donors (Lipinski definition) is 2. The van der Waals surface area contributed by atoms with E-state index in [1.54, 1.807) is 6.20 Å². The second kappa shape index (κ2) is 6.14. The summed E-state index contributed by atoms with van der Waals surface area (Å²) in [7, 11) is 2.01. The first-order valence-corrected chi connectivity index (χ1v) is 7.37. The molecule has 0 aliphatic carbocycles. The minimum atomic E-state index is 0.321. The van der Waals surface area contributed by atoms with E-state index >= 15 is 0 Å². The van der Waals surface area contributed by atoms with Crippen molar-refractivity contribution in [2.45, 2.75) is 24.8 Å². The van der Waals surface area contributed by atoms with E-state index in [9.17, 15) is 0 Å². The minimum absolute atomic E-state index is 0.321. The SMILES string of the molecule is CNC(Cc1cnccc1N)C1CCOc2ccccc21. The molecule has 1 aromatic carbocycles. The van der Waals surface area contributed by atoms with Crippen LogP contribution in [0, 0.1) is 0 Å². The first-order chi connectivity index (χ1) is 10.3. The maximum Gasteiger partial charge on any atom is 0.122 e. The zero-order chi connectivity index (χ0) is 14.7. The van der Waals surface area contributed by atoms with E-state index in [4.69, 9.17) is 10.5 Å². The first-order valence-electron chi connectivity index (χ1n) is 7.37. The lowest BCUT2D eigenvalue weighted by Crippen LogP contribution is -2.37. The number of rotatable bonds is 4. The summed E-state index contributed by atoms with van der Waals surface area (Å²) in [5.74, 6) is 1.44. The van der Waals surface area contributed by atoms with Gasteiger partial charge in [0, 0.05) is 30.0 Å². The summed E-state index contributed by atoms with van der Waals surface area (Å²) in [5, 5.41) is 3.45. The highest BCUT2D eigenvalue weighted by atomic mass is 16.5. The summed E-state index contributed by atoms with van der Waals surface area (Å²) in [6.45, 7) is 0.766. The second-order valence-electron chi connectivity index (χ2n) is 5.46. The van der Waals surface area contributed by atoms with Crippen LogP contribution in [0.25, 0.3) is 0 Å². The predicted octanol–water partition coefficient (Wildman–Crippen LogP) is 2.36.